The maximum Gasteiger partial charge on any atom is 0.339 e. The van der Waals surface area contributed by atoms with Gasteiger partial charge in [0.1, 0.15) is 5.69 Å². The first kappa shape index (κ1) is 15.3. The lowest BCUT2D eigenvalue weighted by molar-refractivity contribution is 0.0507. The van der Waals surface area contributed by atoms with Gasteiger partial charge in [-0.1, -0.05) is 6.92 Å². The molecular formula is C17H19N3O3. The molecule has 0 atom stereocenters. The van der Waals surface area contributed by atoms with Crippen LogP contribution in [0, 0.1) is 0 Å². The molecule has 0 bridgehead atoms. The largest absolute Gasteiger partial charge is 0.463 e. The van der Waals surface area contributed by atoms with Crippen LogP contribution in [0.1, 0.15) is 43.6 Å². The average Bonchev–Trinajstić information content (AvgIpc) is 3.20. The van der Waals surface area contributed by atoms with Gasteiger partial charge in [-0.3, -0.25) is 0 Å². The van der Waals surface area contributed by atoms with Crippen LogP contribution in [0.5, 0.6) is 0 Å². The van der Waals surface area contributed by atoms with Crippen molar-refractivity contribution in [2.75, 3.05) is 6.61 Å². The molecule has 23 heavy (non-hydrogen) atoms. The van der Waals surface area contributed by atoms with E-state index in [1.807, 2.05) is 26.8 Å². The van der Waals surface area contributed by atoms with Crippen LogP contribution >= 0.6 is 0 Å². The molecule has 120 valence electrons. The number of hydrogen-bond acceptors (Lipinski definition) is 5. The molecule has 0 saturated heterocycles. The normalized spacial score (nSPS) is 11.3. The van der Waals surface area contributed by atoms with Crippen LogP contribution in [0.4, 0.5) is 0 Å². The first-order valence-corrected chi connectivity index (χ1v) is 7.71. The van der Waals surface area contributed by atoms with Gasteiger partial charge in [0.2, 0.25) is 0 Å². The van der Waals surface area contributed by atoms with E-state index < -0.39 is 0 Å². The van der Waals surface area contributed by atoms with E-state index in [0.29, 0.717) is 34.7 Å². The van der Waals surface area contributed by atoms with Crippen molar-refractivity contribution in [3.05, 3.63) is 36.2 Å². The van der Waals surface area contributed by atoms with Gasteiger partial charge in [-0.25, -0.2) is 14.5 Å². The highest BCUT2D eigenvalue weighted by Gasteiger charge is 2.20. The quantitative estimate of drug-likeness (QED) is 0.669. The molecule has 6 heteroatoms. The second-order valence-corrected chi connectivity index (χ2v) is 5.59. The van der Waals surface area contributed by atoms with Crippen LogP contribution in [0.25, 0.3) is 22.5 Å². The number of rotatable bonds is 5. The number of esters is 1. The summed E-state index contributed by atoms with van der Waals surface area (Å²) in [5.74, 6) is 0.239. The third-order valence-corrected chi connectivity index (χ3v) is 3.49. The zero-order valence-electron chi connectivity index (χ0n) is 13.4. The molecule has 3 rings (SSSR count). The predicted octanol–water partition coefficient (Wildman–Crippen LogP) is 3.84. The number of pyridine rings is 1. The Morgan fingerprint density at radius 3 is 2.91 bits per heavy atom. The molecule has 0 amide bonds. The van der Waals surface area contributed by atoms with Crippen molar-refractivity contribution in [1.29, 1.82) is 0 Å². The topological polar surface area (TPSA) is 70.2 Å². The van der Waals surface area contributed by atoms with Crippen LogP contribution in [-0.4, -0.2) is 27.3 Å². The summed E-state index contributed by atoms with van der Waals surface area (Å²) < 4.78 is 12.5. The fourth-order valence-corrected chi connectivity index (χ4v) is 2.39. The van der Waals surface area contributed by atoms with Gasteiger partial charge in [0.05, 0.1) is 30.0 Å². The predicted molar refractivity (Wildman–Crippen MR) is 86.2 cm³/mol. The maximum atomic E-state index is 12.4. The molecule has 0 unspecified atom stereocenters. The monoisotopic (exact) mass is 313 g/mol. The number of nitrogens with zero attached hydrogens (tertiary/aromatic N) is 3. The average molecular weight is 313 g/mol. The Morgan fingerprint density at radius 2 is 2.26 bits per heavy atom. The lowest BCUT2D eigenvalue weighted by Gasteiger charge is -2.09. The summed E-state index contributed by atoms with van der Waals surface area (Å²) in [6, 6.07) is 5.43. The number of aromatic nitrogens is 3. The van der Waals surface area contributed by atoms with E-state index in [-0.39, 0.29) is 12.0 Å². The first-order chi connectivity index (χ1) is 11.1. The molecule has 0 radical (unpaired) electrons. The van der Waals surface area contributed by atoms with Gasteiger partial charge in [-0.2, -0.15) is 5.10 Å². The number of fused-ring (bicyclic) bond motifs is 1. The van der Waals surface area contributed by atoms with Gasteiger partial charge in [-0.15, -0.1) is 0 Å². The molecular weight excluding hydrogens is 294 g/mol. The number of hydrogen-bond donors (Lipinski definition) is 0. The molecule has 6 nitrogen and oxygen atoms in total. The minimum atomic E-state index is -0.365. The highest BCUT2D eigenvalue weighted by molar-refractivity contribution is 6.03. The Bertz CT molecular complexity index is 819. The molecule has 3 aromatic heterocycles. The van der Waals surface area contributed by atoms with Crippen molar-refractivity contribution in [2.24, 2.45) is 0 Å². The summed E-state index contributed by atoms with van der Waals surface area (Å²) in [6.07, 6.45) is 4.02. The highest BCUT2D eigenvalue weighted by Crippen LogP contribution is 2.27. The Balaban J connectivity index is 2.18. The van der Waals surface area contributed by atoms with E-state index in [1.54, 1.807) is 29.3 Å². The molecule has 0 aliphatic heterocycles. The van der Waals surface area contributed by atoms with E-state index in [0.717, 1.165) is 6.42 Å². The van der Waals surface area contributed by atoms with Gasteiger partial charge < -0.3 is 9.15 Å². The smallest absolute Gasteiger partial charge is 0.339 e. The van der Waals surface area contributed by atoms with Crippen molar-refractivity contribution >= 4 is 17.0 Å². The lowest BCUT2D eigenvalue weighted by Crippen LogP contribution is -2.08. The summed E-state index contributed by atoms with van der Waals surface area (Å²) in [7, 11) is 0. The van der Waals surface area contributed by atoms with E-state index in [4.69, 9.17) is 9.15 Å². The zero-order valence-corrected chi connectivity index (χ0v) is 13.4. The summed E-state index contributed by atoms with van der Waals surface area (Å²) in [5, 5.41) is 5.05. The van der Waals surface area contributed by atoms with Crippen molar-refractivity contribution in [3.63, 3.8) is 0 Å². The fraction of sp³-hybridized carbons (Fsp3) is 0.353. The van der Waals surface area contributed by atoms with Gasteiger partial charge in [0.15, 0.2) is 11.4 Å². The van der Waals surface area contributed by atoms with Crippen molar-refractivity contribution in [3.8, 4) is 11.5 Å². The fourth-order valence-electron chi connectivity index (χ4n) is 2.39. The third kappa shape index (κ3) is 2.84. The summed E-state index contributed by atoms with van der Waals surface area (Å²) in [5.41, 5.74) is 1.70. The second kappa shape index (κ2) is 6.24. The van der Waals surface area contributed by atoms with E-state index in [9.17, 15) is 4.79 Å². The summed E-state index contributed by atoms with van der Waals surface area (Å²) in [4.78, 5) is 17.0. The Labute approximate surface area is 134 Å². The summed E-state index contributed by atoms with van der Waals surface area (Å²) >= 11 is 0. The molecule has 0 N–H and O–H groups in total. The minimum Gasteiger partial charge on any atom is -0.463 e. The van der Waals surface area contributed by atoms with Crippen LogP contribution in [-0.2, 0) is 4.74 Å². The lowest BCUT2D eigenvalue weighted by atomic mass is 10.1. The zero-order chi connectivity index (χ0) is 16.4. The molecule has 0 saturated carbocycles. The molecule has 0 aliphatic rings. The molecule has 0 fully saturated rings. The molecule has 0 aromatic carbocycles. The van der Waals surface area contributed by atoms with E-state index >= 15 is 0 Å². The van der Waals surface area contributed by atoms with Crippen molar-refractivity contribution in [2.45, 2.75) is 33.2 Å². The molecule has 0 spiro atoms. The van der Waals surface area contributed by atoms with Crippen LogP contribution in [0.2, 0.25) is 0 Å². The Morgan fingerprint density at radius 1 is 1.43 bits per heavy atom. The minimum absolute atomic E-state index is 0.131. The van der Waals surface area contributed by atoms with Crippen molar-refractivity contribution in [1.82, 2.24) is 14.8 Å². The number of furan rings is 1. The summed E-state index contributed by atoms with van der Waals surface area (Å²) in [6.45, 7) is 6.38. The molecule has 0 aliphatic carbocycles. The standard InChI is InChI=1S/C17H19N3O3/c1-4-7-23-17(21)12-9-14(15-6-5-8-22-15)19-16-13(12)10-18-20(16)11(2)3/h5-6,8-11H,4,7H2,1-3H3. The van der Waals surface area contributed by atoms with Crippen molar-refractivity contribution < 1.29 is 13.9 Å². The van der Waals surface area contributed by atoms with Crippen LogP contribution < -0.4 is 0 Å². The number of ether oxygens (including phenoxy) is 1. The maximum absolute atomic E-state index is 12.4. The Kier molecular flexibility index (Phi) is 4.14. The molecule has 3 heterocycles. The SMILES string of the molecule is CCCOC(=O)c1cc(-c2ccco2)nc2c1cnn2C(C)C. The molecule has 3 aromatic rings. The van der Waals surface area contributed by atoms with Gasteiger partial charge in [0.25, 0.3) is 0 Å². The number of carbonyl (C=O) groups excluding carboxylic acids is 1. The van der Waals surface area contributed by atoms with E-state index in [1.165, 1.54) is 0 Å². The van der Waals surface area contributed by atoms with Gasteiger partial charge in [-0.05, 0) is 38.5 Å². The second-order valence-electron chi connectivity index (χ2n) is 5.59. The van der Waals surface area contributed by atoms with Gasteiger partial charge >= 0.3 is 5.97 Å². The number of carbonyl (C=O) groups is 1. The first-order valence-electron chi connectivity index (χ1n) is 7.71. The van der Waals surface area contributed by atoms with Crippen LogP contribution in [0.3, 0.4) is 0 Å². The third-order valence-electron chi connectivity index (χ3n) is 3.49. The van der Waals surface area contributed by atoms with Gasteiger partial charge in [0, 0.05) is 6.04 Å². The Hall–Kier alpha value is -2.63. The highest BCUT2D eigenvalue weighted by atomic mass is 16.5. The van der Waals surface area contributed by atoms with Crippen LogP contribution in [0.15, 0.2) is 35.1 Å². The van der Waals surface area contributed by atoms with E-state index in [2.05, 4.69) is 10.1 Å².